The number of nitrogens with zero attached hydrogens (tertiary/aromatic N) is 6. The zero-order chi connectivity index (χ0) is 18.2. The second-order valence-corrected chi connectivity index (χ2v) is 6.46. The Morgan fingerprint density at radius 1 is 1.32 bits per heavy atom. The number of nitrogens with one attached hydrogen (secondary N) is 2. The van der Waals surface area contributed by atoms with Gasteiger partial charge in [-0.05, 0) is 20.8 Å². The van der Waals surface area contributed by atoms with Crippen molar-refractivity contribution in [2.45, 2.75) is 33.4 Å². The average molecular weight is 350 g/mol. The molecule has 1 amide bonds. The molecule has 140 valence electrons. The summed E-state index contributed by atoms with van der Waals surface area (Å²) in [5, 5.41) is 10.3. The molecule has 0 aromatic carbocycles. The summed E-state index contributed by atoms with van der Waals surface area (Å²) in [4.78, 5) is 25.2. The number of amides is 1. The molecule has 1 fully saturated rings. The van der Waals surface area contributed by atoms with Gasteiger partial charge in [-0.15, -0.1) is 0 Å². The third-order valence-electron chi connectivity index (χ3n) is 4.00. The van der Waals surface area contributed by atoms with E-state index in [1.54, 1.807) is 11.0 Å². The summed E-state index contributed by atoms with van der Waals surface area (Å²) >= 11 is 0. The van der Waals surface area contributed by atoms with Crippen LogP contribution >= 0.6 is 0 Å². The number of aromatic nitrogens is 3. The predicted molar refractivity (Wildman–Crippen MR) is 97.1 cm³/mol. The number of piperazine rings is 1. The Kier molecular flexibility index (Phi) is 7.17. The van der Waals surface area contributed by atoms with Crippen LogP contribution < -0.4 is 10.6 Å². The summed E-state index contributed by atoms with van der Waals surface area (Å²) in [5.74, 6) is 1.81. The highest BCUT2D eigenvalue weighted by molar-refractivity contribution is 5.80. The van der Waals surface area contributed by atoms with Gasteiger partial charge in [0.15, 0.2) is 5.96 Å². The lowest BCUT2D eigenvalue weighted by molar-refractivity contribution is -0.123. The molecule has 1 aromatic heterocycles. The molecular weight excluding hydrogens is 320 g/mol. The molecule has 0 saturated carbocycles. The number of hydrogen-bond donors (Lipinski definition) is 2. The third kappa shape index (κ3) is 6.00. The molecule has 1 aliphatic rings. The van der Waals surface area contributed by atoms with Crippen LogP contribution in [0.3, 0.4) is 0 Å². The summed E-state index contributed by atoms with van der Waals surface area (Å²) in [5.41, 5.74) is 0. The van der Waals surface area contributed by atoms with Gasteiger partial charge in [-0.3, -0.25) is 14.4 Å². The van der Waals surface area contributed by atoms with Crippen LogP contribution in [0.4, 0.5) is 0 Å². The minimum absolute atomic E-state index is 0.0892. The fraction of sp³-hybridized carbons (Fsp3) is 0.750. The molecule has 2 rings (SSSR count). The number of aryl methyl sites for hydroxylation is 1. The third-order valence-corrected chi connectivity index (χ3v) is 4.00. The normalized spacial score (nSPS) is 16.4. The van der Waals surface area contributed by atoms with Gasteiger partial charge in [0.05, 0.1) is 6.54 Å². The van der Waals surface area contributed by atoms with Crippen LogP contribution in [-0.4, -0.2) is 81.7 Å². The van der Waals surface area contributed by atoms with Crippen LogP contribution in [0.15, 0.2) is 11.3 Å². The Bertz CT molecular complexity index is 574. The highest BCUT2D eigenvalue weighted by atomic mass is 16.2. The zero-order valence-electron chi connectivity index (χ0n) is 15.7. The van der Waals surface area contributed by atoms with Crippen LogP contribution in [-0.2, 0) is 18.4 Å². The molecule has 25 heavy (non-hydrogen) atoms. The summed E-state index contributed by atoms with van der Waals surface area (Å²) < 4.78 is 1.73. The van der Waals surface area contributed by atoms with Crippen LogP contribution in [0.25, 0.3) is 0 Å². The van der Waals surface area contributed by atoms with Crippen LogP contribution in [0, 0.1) is 0 Å². The maximum atomic E-state index is 11.9. The highest BCUT2D eigenvalue weighted by Crippen LogP contribution is 2.04. The van der Waals surface area contributed by atoms with Gasteiger partial charge < -0.3 is 15.5 Å². The second-order valence-electron chi connectivity index (χ2n) is 6.46. The van der Waals surface area contributed by atoms with Gasteiger partial charge in [0.2, 0.25) is 5.91 Å². The van der Waals surface area contributed by atoms with E-state index in [2.05, 4.69) is 42.4 Å². The van der Waals surface area contributed by atoms with E-state index in [0.29, 0.717) is 13.1 Å². The minimum atomic E-state index is 0.0892. The Labute approximate surface area is 149 Å². The first-order valence-corrected chi connectivity index (χ1v) is 8.87. The Morgan fingerprint density at radius 3 is 2.60 bits per heavy atom. The lowest BCUT2D eigenvalue weighted by Gasteiger charge is -2.36. The monoisotopic (exact) mass is 350 g/mol. The molecule has 9 heteroatoms. The minimum Gasteiger partial charge on any atom is -0.357 e. The van der Waals surface area contributed by atoms with Crippen molar-refractivity contribution < 1.29 is 4.79 Å². The fourth-order valence-electron chi connectivity index (χ4n) is 2.72. The summed E-state index contributed by atoms with van der Waals surface area (Å²) in [6.07, 6.45) is 1.54. The van der Waals surface area contributed by atoms with Gasteiger partial charge in [0.25, 0.3) is 0 Å². The maximum Gasteiger partial charge on any atom is 0.234 e. The first-order valence-electron chi connectivity index (χ1n) is 8.87. The topological polar surface area (TPSA) is 90.7 Å². The summed E-state index contributed by atoms with van der Waals surface area (Å²) in [6.45, 7) is 11.2. The van der Waals surface area contributed by atoms with Crippen LogP contribution in [0.1, 0.15) is 26.6 Å². The smallest absolute Gasteiger partial charge is 0.234 e. The Balaban J connectivity index is 1.87. The van der Waals surface area contributed by atoms with E-state index in [-0.39, 0.29) is 11.9 Å². The van der Waals surface area contributed by atoms with Crippen molar-refractivity contribution in [3.05, 3.63) is 12.2 Å². The molecule has 1 saturated heterocycles. The van der Waals surface area contributed by atoms with E-state index in [9.17, 15) is 4.79 Å². The number of guanidine groups is 1. The first-order chi connectivity index (χ1) is 12.0. The van der Waals surface area contributed by atoms with E-state index < -0.39 is 0 Å². The van der Waals surface area contributed by atoms with Crippen molar-refractivity contribution in [1.82, 2.24) is 35.2 Å². The van der Waals surface area contributed by atoms with Crippen molar-refractivity contribution in [3.63, 3.8) is 0 Å². The van der Waals surface area contributed by atoms with E-state index >= 15 is 0 Å². The first kappa shape index (κ1) is 19.2. The molecule has 1 aliphatic heterocycles. The van der Waals surface area contributed by atoms with Crippen molar-refractivity contribution in [1.29, 1.82) is 0 Å². The van der Waals surface area contributed by atoms with Crippen molar-refractivity contribution in [2.24, 2.45) is 12.0 Å². The number of hydrogen-bond acceptors (Lipinski definition) is 5. The van der Waals surface area contributed by atoms with E-state index in [1.165, 1.54) is 0 Å². The molecule has 0 spiro atoms. The standard InChI is InChI=1S/C16H30N8O/c1-5-17-16(18-10-14-19-12-20-22(14)4)24-8-6-23(7-9-24)11-15(25)21-13(2)3/h12-13H,5-11H2,1-4H3,(H,17,18)(H,21,25). The molecule has 0 bridgehead atoms. The van der Waals surface area contributed by atoms with Crippen molar-refractivity contribution in [3.8, 4) is 0 Å². The molecular formula is C16H30N8O. The fourth-order valence-corrected chi connectivity index (χ4v) is 2.72. The van der Waals surface area contributed by atoms with E-state index in [4.69, 9.17) is 0 Å². The Morgan fingerprint density at radius 2 is 2.04 bits per heavy atom. The van der Waals surface area contributed by atoms with E-state index in [1.807, 2.05) is 20.9 Å². The van der Waals surface area contributed by atoms with Gasteiger partial charge in [-0.2, -0.15) is 5.10 Å². The number of aliphatic imine (C=N–C) groups is 1. The van der Waals surface area contributed by atoms with Crippen molar-refractivity contribution >= 4 is 11.9 Å². The molecule has 0 unspecified atom stereocenters. The average Bonchev–Trinajstić information content (AvgIpc) is 2.96. The zero-order valence-corrected chi connectivity index (χ0v) is 15.7. The van der Waals surface area contributed by atoms with Crippen LogP contribution in [0.2, 0.25) is 0 Å². The SMILES string of the molecule is CCNC(=NCc1ncnn1C)N1CCN(CC(=O)NC(C)C)CC1. The quantitative estimate of drug-likeness (QED) is 0.527. The summed E-state index contributed by atoms with van der Waals surface area (Å²) in [6, 6.07) is 0.182. The lowest BCUT2D eigenvalue weighted by atomic mass is 10.3. The largest absolute Gasteiger partial charge is 0.357 e. The van der Waals surface area contributed by atoms with Gasteiger partial charge in [0, 0.05) is 45.8 Å². The van der Waals surface area contributed by atoms with Gasteiger partial charge >= 0.3 is 0 Å². The van der Waals surface area contributed by atoms with Gasteiger partial charge in [-0.25, -0.2) is 9.98 Å². The lowest BCUT2D eigenvalue weighted by Crippen LogP contribution is -2.54. The number of carbonyl (C=O) groups excluding carboxylic acids is 1. The highest BCUT2D eigenvalue weighted by Gasteiger charge is 2.21. The number of rotatable bonds is 6. The summed E-state index contributed by atoms with van der Waals surface area (Å²) in [7, 11) is 1.87. The van der Waals surface area contributed by atoms with Crippen LogP contribution in [0.5, 0.6) is 0 Å². The molecule has 2 heterocycles. The Hall–Kier alpha value is -2.16. The van der Waals surface area contributed by atoms with Crippen molar-refractivity contribution in [2.75, 3.05) is 39.3 Å². The van der Waals surface area contributed by atoms with Gasteiger partial charge in [0.1, 0.15) is 18.7 Å². The molecule has 0 radical (unpaired) electrons. The molecule has 0 aliphatic carbocycles. The predicted octanol–water partition coefficient (Wildman–Crippen LogP) is -0.577. The van der Waals surface area contributed by atoms with E-state index in [0.717, 1.165) is 44.5 Å². The molecule has 0 atom stereocenters. The molecule has 9 nitrogen and oxygen atoms in total. The molecule has 1 aromatic rings. The molecule has 2 N–H and O–H groups in total. The maximum absolute atomic E-state index is 11.9. The number of carbonyl (C=O) groups is 1. The second kappa shape index (κ2) is 9.36. The van der Waals surface area contributed by atoms with Gasteiger partial charge in [-0.1, -0.05) is 0 Å².